The van der Waals surface area contributed by atoms with Crippen LogP contribution in [0.5, 0.6) is 0 Å². The highest BCUT2D eigenvalue weighted by Gasteiger charge is 2.33. The van der Waals surface area contributed by atoms with E-state index in [2.05, 4.69) is 15.1 Å². The summed E-state index contributed by atoms with van der Waals surface area (Å²) in [6.45, 7) is 6.43. The summed E-state index contributed by atoms with van der Waals surface area (Å²) >= 11 is 0. The summed E-state index contributed by atoms with van der Waals surface area (Å²) in [6, 6.07) is 7.54. The number of ether oxygens (including phenoxy) is 1. The minimum absolute atomic E-state index is 0.162. The van der Waals surface area contributed by atoms with E-state index in [0.29, 0.717) is 41.6 Å². The average molecular weight is 527 g/mol. The molecule has 0 N–H and O–H groups in total. The van der Waals surface area contributed by atoms with Crippen LogP contribution in [0.3, 0.4) is 0 Å². The minimum atomic E-state index is -0.585. The molecule has 39 heavy (non-hydrogen) atoms. The maximum Gasteiger partial charge on any atom is 0.410 e. The molecule has 0 bridgehead atoms. The first kappa shape index (κ1) is 24.8. The first-order valence-electron chi connectivity index (χ1n) is 12.9. The molecule has 1 aliphatic heterocycles. The van der Waals surface area contributed by atoms with Crippen LogP contribution in [0.25, 0.3) is 44.6 Å². The van der Waals surface area contributed by atoms with Crippen LogP contribution in [0.15, 0.2) is 53.8 Å². The third-order valence-corrected chi connectivity index (χ3v) is 7.00. The summed E-state index contributed by atoms with van der Waals surface area (Å²) in [6.07, 6.45) is 7.47. The first-order chi connectivity index (χ1) is 18.6. The van der Waals surface area contributed by atoms with Gasteiger partial charge >= 0.3 is 11.8 Å². The van der Waals surface area contributed by atoms with Gasteiger partial charge in [0.15, 0.2) is 0 Å². The fraction of sp³-hybridized carbons (Fsp3) is 0.357. The van der Waals surface area contributed by atoms with Crippen molar-refractivity contribution in [2.45, 2.75) is 38.8 Å². The van der Waals surface area contributed by atoms with Gasteiger partial charge in [-0.25, -0.2) is 14.6 Å². The number of aryl methyl sites for hydroxylation is 2. The molecule has 11 nitrogen and oxygen atoms in total. The predicted octanol–water partition coefficient (Wildman–Crippen LogP) is 3.93. The van der Waals surface area contributed by atoms with Crippen molar-refractivity contribution in [3.8, 4) is 22.5 Å². The molecular weight excluding hydrogens is 496 g/mol. The lowest BCUT2D eigenvalue weighted by atomic mass is 10.1. The van der Waals surface area contributed by atoms with Gasteiger partial charge in [0.25, 0.3) is 0 Å². The van der Waals surface area contributed by atoms with Crippen LogP contribution >= 0.6 is 0 Å². The normalized spacial score (nSPS) is 15.9. The van der Waals surface area contributed by atoms with Crippen molar-refractivity contribution >= 4 is 28.2 Å². The second-order valence-corrected chi connectivity index (χ2v) is 11.0. The van der Waals surface area contributed by atoms with E-state index in [1.54, 1.807) is 44.4 Å². The highest BCUT2D eigenvalue weighted by Crippen LogP contribution is 2.31. The number of hydrogen-bond donors (Lipinski definition) is 0. The van der Waals surface area contributed by atoms with Crippen LogP contribution in [0, 0.1) is 0 Å². The number of amides is 1. The maximum absolute atomic E-state index is 13.5. The van der Waals surface area contributed by atoms with Gasteiger partial charge in [-0.2, -0.15) is 5.10 Å². The summed E-state index contributed by atoms with van der Waals surface area (Å²) in [4.78, 5) is 42.0. The van der Waals surface area contributed by atoms with Crippen molar-refractivity contribution in [2.75, 3.05) is 13.1 Å². The number of fused-ring (bicyclic) bond motifs is 3. The summed E-state index contributed by atoms with van der Waals surface area (Å²) in [5.41, 5.74) is 5.32. The molecule has 0 aliphatic carbocycles. The summed E-state index contributed by atoms with van der Waals surface area (Å²) in [7, 11) is 3.61. The van der Waals surface area contributed by atoms with Crippen molar-refractivity contribution in [1.82, 2.24) is 38.8 Å². The molecule has 6 heterocycles. The third kappa shape index (κ3) is 4.43. The molecule has 1 saturated heterocycles. The van der Waals surface area contributed by atoms with Crippen LogP contribution in [0.4, 0.5) is 4.79 Å². The van der Waals surface area contributed by atoms with Crippen molar-refractivity contribution < 1.29 is 9.53 Å². The fourth-order valence-electron chi connectivity index (χ4n) is 5.10. The Morgan fingerprint density at radius 2 is 1.79 bits per heavy atom. The van der Waals surface area contributed by atoms with Gasteiger partial charge in [-0.15, -0.1) is 0 Å². The van der Waals surface area contributed by atoms with Gasteiger partial charge < -0.3 is 9.64 Å². The standard InChI is InChI=1S/C28H30N8O3/c1-28(2,3)39-27(38)35-11-10-19(16-35)36-25-23(34(5)26(36)37)14-30-22-9-8-21(32-24(22)25)17-6-7-20(29-12-17)18-13-31-33(4)15-18/h6-9,12-15,19H,10-11,16H2,1-5H3/t19-/m0/s1. The Morgan fingerprint density at radius 3 is 2.49 bits per heavy atom. The van der Waals surface area contributed by atoms with E-state index in [1.165, 1.54) is 0 Å². The van der Waals surface area contributed by atoms with Gasteiger partial charge in [0, 0.05) is 50.7 Å². The molecular formula is C28H30N8O3. The lowest BCUT2D eigenvalue weighted by molar-refractivity contribution is 0.0289. The molecule has 1 fully saturated rings. The van der Waals surface area contributed by atoms with E-state index < -0.39 is 5.60 Å². The Bertz CT molecular complexity index is 1780. The average Bonchev–Trinajstić information content (AvgIpc) is 3.62. The number of rotatable bonds is 3. The molecule has 1 amide bonds. The molecule has 0 spiro atoms. The zero-order valence-electron chi connectivity index (χ0n) is 22.6. The Labute approximate surface area is 224 Å². The van der Waals surface area contributed by atoms with Crippen LogP contribution < -0.4 is 5.69 Å². The zero-order chi connectivity index (χ0) is 27.5. The topological polar surface area (TPSA) is 113 Å². The summed E-state index contributed by atoms with van der Waals surface area (Å²) in [5.74, 6) is 0. The summed E-state index contributed by atoms with van der Waals surface area (Å²) < 4.78 is 10.7. The highest BCUT2D eigenvalue weighted by molar-refractivity contribution is 6.00. The largest absolute Gasteiger partial charge is 0.444 e. The quantitative estimate of drug-likeness (QED) is 0.350. The van der Waals surface area contributed by atoms with Gasteiger partial charge in [-0.1, -0.05) is 0 Å². The molecule has 0 unspecified atom stereocenters. The van der Waals surface area contributed by atoms with Gasteiger partial charge in [0.05, 0.1) is 46.4 Å². The van der Waals surface area contributed by atoms with Gasteiger partial charge in [0.2, 0.25) is 0 Å². The maximum atomic E-state index is 13.5. The Morgan fingerprint density at radius 1 is 1.00 bits per heavy atom. The number of likely N-dealkylation sites (tertiary alicyclic amines) is 1. The number of imidazole rings is 1. The van der Waals surface area contributed by atoms with E-state index in [0.717, 1.165) is 22.5 Å². The van der Waals surface area contributed by atoms with Crippen LogP contribution in [-0.4, -0.2) is 63.6 Å². The number of carbonyl (C=O) groups is 1. The van der Waals surface area contributed by atoms with Crippen molar-refractivity contribution in [2.24, 2.45) is 14.1 Å². The van der Waals surface area contributed by atoms with Crippen LogP contribution in [0.1, 0.15) is 33.2 Å². The number of aromatic nitrogens is 7. The second-order valence-electron chi connectivity index (χ2n) is 11.0. The fourth-order valence-corrected chi connectivity index (χ4v) is 5.10. The van der Waals surface area contributed by atoms with Crippen molar-refractivity contribution in [3.05, 3.63) is 59.5 Å². The van der Waals surface area contributed by atoms with Gasteiger partial charge in [-0.3, -0.25) is 23.8 Å². The number of nitrogens with zero attached hydrogens (tertiary/aromatic N) is 8. The van der Waals surface area contributed by atoms with Crippen LogP contribution in [-0.2, 0) is 18.8 Å². The summed E-state index contributed by atoms with van der Waals surface area (Å²) in [5, 5.41) is 4.22. The Balaban J connectivity index is 1.40. The lowest BCUT2D eigenvalue weighted by Gasteiger charge is -2.24. The molecule has 1 aliphatic rings. The number of pyridine rings is 3. The molecule has 0 radical (unpaired) electrons. The molecule has 11 heteroatoms. The molecule has 6 rings (SSSR count). The van der Waals surface area contributed by atoms with E-state index in [9.17, 15) is 9.59 Å². The van der Waals surface area contributed by atoms with Crippen molar-refractivity contribution in [1.29, 1.82) is 0 Å². The second kappa shape index (κ2) is 9.04. The van der Waals surface area contributed by atoms with Gasteiger partial charge in [-0.05, 0) is 51.5 Å². The smallest absolute Gasteiger partial charge is 0.410 e. The Hall–Kier alpha value is -4.54. The highest BCUT2D eigenvalue weighted by atomic mass is 16.6. The third-order valence-electron chi connectivity index (χ3n) is 7.00. The molecule has 200 valence electrons. The van der Waals surface area contributed by atoms with Crippen molar-refractivity contribution in [3.63, 3.8) is 0 Å². The van der Waals surface area contributed by atoms with Crippen LogP contribution in [0.2, 0.25) is 0 Å². The van der Waals surface area contributed by atoms with E-state index in [4.69, 9.17) is 9.72 Å². The molecule has 0 saturated carbocycles. The molecule has 5 aromatic rings. The van der Waals surface area contributed by atoms with E-state index in [-0.39, 0.29) is 17.8 Å². The van der Waals surface area contributed by atoms with E-state index >= 15 is 0 Å². The molecule has 5 aromatic heterocycles. The SMILES string of the molecule is Cn1cc(-c2ccc(-c3ccc4ncc5c(c4n3)n([C@H]3CCN(C(=O)OC(C)(C)C)C3)c(=O)n5C)cn2)cn1. The predicted molar refractivity (Wildman–Crippen MR) is 147 cm³/mol. The number of carbonyl (C=O) groups excluding carboxylic acids is 1. The zero-order valence-corrected chi connectivity index (χ0v) is 22.6. The first-order valence-corrected chi connectivity index (χ1v) is 12.9. The minimum Gasteiger partial charge on any atom is -0.444 e. The lowest BCUT2D eigenvalue weighted by Crippen LogP contribution is -2.36. The molecule has 1 atom stereocenters. The van der Waals surface area contributed by atoms with E-state index in [1.807, 2.05) is 58.3 Å². The van der Waals surface area contributed by atoms with Gasteiger partial charge in [0.1, 0.15) is 11.1 Å². The monoisotopic (exact) mass is 526 g/mol. The Kier molecular flexibility index (Phi) is 5.74. The number of hydrogen-bond acceptors (Lipinski definition) is 7. The molecule has 0 aromatic carbocycles.